The molecular formula is C9H10BrNO. The van der Waals surface area contributed by atoms with Crippen LogP contribution in [-0.2, 0) is 0 Å². The maximum Gasteiger partial charge on any atom is 0.119 e. The molecule has 1 heterocycles. The fraction of sp³-hybridized carbons (Fsp3) is 0.333. The number of phenols is 1. The Morgan fingerprint density at radius 2 is 2.17 bits per heavy atom. The van der Waals surface area contributed by atoms with Gasteiger partial charge in [0.25, 0.3) is 0 Å². The van der Waals surface area contributed by atoms with E-state index in [9.17, 15) is 5.11 Å². The summed E-state index contributed by atoms with van der Waals surface area (Å²) in [6.07, 6.45) is 0. The molecule has 2 rings (SSSR count). The van der Waals surface area contributed by atoms with Gasteiger partial charge in [-0.15, -0.1) is 0 Å². The van der Waals surface area contributed by atoms with Gasteiger partial charge < -0.3 is 10.4 Å². The monoisotopic (exact) mass is 227 g/mol. The lowest BCUT2D eigenvalue weighted by Crippen LogP contribution is -2.39. The summed E-state index contributed by atoms with van der Waals surface area (Å²) >= 11 is 3.39. The normalized spacial score (nSPS) is 17.4. The number of rotatable bonds is 1. The Hall–Kier alpha value is -0.540. The smallest absolute Gasteiger partial charge is 0.119 e. The van der Waals surface area contributed by atoms with Crippen molar-refractivity contribution in [2.24, 2.45) is 0 Å². The molecule has 2 nitrogen and oxygen atoms in total. The van der Waals surface area contributed by atoms with Gasteiger partial charge in [0.05, 0.1) is 0 Å². The van der Waals surface area contributed by atoms with E-state index < -0.39 is 0 Å². The SMILES string of the molecule is Oc1ccc(Br)cc1C1CNC1. The highest BCUT2D eigenvalue weighted by molar-refractivity contribution is 9.10. The van der Waals surface area contributed by atoms with Crippen molar-refractivity contribution >= 4 is 15.9 Å². The first-order valence-electron chi connectivity index (χ1n) is 3.96. The second kappa shape index (κ2) is 3.07. The largest absolute Gasteiger partial charge is 0.508 e. The molecule has 0 aromatic heterocycles. The number of phenolic OH excluding ortho intramolecular Hbond substituents is 1. The summed E-state index contributed by atoms with van der Waals surface area (Å²) in [5.74, 6) is 0.896. The zero-order valence-electron chi connectivity index (χ0n) is 6.55. The van der Waals surface area contributed by atoms with Gasteiger partial charge in [0.2, 0.25) is 0 Å². The predicted octanol–water partition coefficient (Wildman–Crippen LogP) is 1.84. The lowest BCUT2D eigenvalue weighted by molar-refractivity contribution is 0.413. The van der Waals surface area contributed by atoms with Crippen LogP contribution < -0.4 is 5.32 Å². The van der Waals surface area contributed by atoms with Crippen LogP contribution in [0.4, 0.5) is 0 Å². The fourth-order valence-corrected chi connectivity index (χ4v) is 1.74. The highest BCUT2D eigenvalue weighted by atomic mass is 79.9. The van der Waals surface area contributed by atoms with Crippen LogP contribution in [0.5, 0.6) is 5.75 Å². The fourth-order valence-electron chi connectivity index (χ4n) is 1.36. The van der Waals surface area contributed by atoms with Crippen LogP contribution in [0.2, 0.25) is 0 Å². The molecule has 0 atom stereocenters. The maximum atomic E-state index is 9.52. The highest BCUT2D eigenvalue weighted by Crippen LogP contribution is 2.30. The maximum absolute atomic E-state index is 9.52. The Bertz CT molecular complexity index is 297. The van der Waals surface area contributed by atoms with Crippen molar-refractivity contribution in [2.45, 2.75) is 5.92 Å². The second-order valence-electron chi connectivity index (χ2n) is 3.06. The third kappa shape index (κ3) is 1.34. The van der Waals surface area contributed by atoms with Crippen molar-refractivity contribution in [1.29, 1.82) is 0 Å². The molecule has 12 heavy (non-hydrogen) atoms. The second-order valence-corrected chi connectivity index (χ2v) is 3.97. The minimum absolute atomic E-state index is 0.407. The van der Waals surface area contributed by atoms with E-state index >= 15 is 0 Å². The molecule has 0 unspecified atom stereocenters. The molecule has 0 amide bonds. The molecule has 0 aliphatic carbocycles. The van der Waals surface area contributed by atoms with Gasteiger partial charge in [-0.3, -0.25) is 0 Å². The van der Waals surface area contributed by atoms with E-state index in [2.05, 4.69) is 21.2 Å². The van der Waals surface area contributed by atoms with Crippen LogP contribution in [0, 0.1) is 0 Å². The average Bonchev–Trinajstić information content (AvgIpc) is 1.93. The average molecular weight is 228 g/mol. The quantitative estimate of drug-likeness (QED) is 0.768. The standard InChI is InChI=1S/C9H10BrNO/c10-7-1-2-9(12)8(3-7)6-4-11-5-6/h1-3,6,11-12H,4-5H2. The summed E-state index contributed by atoms with van der Waals surface area (Å²) in [5, 5.41) is 12.7. The summed E-state index contributed by atoms with van der Waals surface area (Å²) in [5.41, 5.74) is 1.04. The summed E-state index contributed by atoms with van der Waals surface area (Å²) in [7, 11) is 0. The molecule has 1 saturated heterocycles. The van der Waals surface area contributed by atoms with Crippen LogP contribution in [0.25, 0.3) is 0 Å². The van der Waals surface area contributed by atoms with Crippen molar-refractivity contribution in [3.63, 3.8) is 0 Å². The van der Waals surface area contributed by atoms with Crippen molar-refractivity contribution in [3.8, 4) is 5.75 Å². The van der Waals surface area contributed by atoms with Crippen LogP contribution in [-0.4, -0.2) is 18.2 Å². The van der Waals surface area contributed by atoms with Gasteiger partial charge in [-0.05, 0) is 18.2 Å². The van der Waals surface area contributed by atoms with Gasteiger partial charge in [-0.25, -0.2) is 0 Å². The van der Waals surface area contributed by atoms with Crippen molar-refractivity contribution < 1.29 is 5.11 Å². The van der Waals surface area contributed by atoms with Gasteiger partial charge in [0, 0.05) is 29.0 Å². The minimum atomic E-state index is 0.407. The topological polar surface area (TPSA) is 32.3 Å². The number of aromatic hydroxyl groups is 1. The molecule has 0 spiro atoms. The van der Waals surface area contributed by atoms with Gasteiger partial charge in [-0.2, -0.15) is 0 Å². The number of nitrogens with one attached hydrogen (secondary N) is 1. The molecule has 0 radical (unpaired) electrons. The first-order valence-corrected chi connectivity index (χ1v) is 4.76. The van der Waals surface area contributed by atoms with E-state index in [0.29, 0.717) is 11.7 Å². The molecule has 0 saturated carbocycles. The summed E-state index contributed by atoms with van der Waals surface area (Å²) in [4.78, 5) is 0. The van der Waals surface area contributed by atoms with Crippen LogP contribution in [0.3, 0.4) is 0 Å². The minimum Gasteiger partial charge on any atom is -0.508 e. The molecule has 3 heteroatoms. The molecule has 2 N–H and O–H groups in total. The van der Waals surface area contributed by atoms with Crippen LogP contribution >= 0.6 is 15.9 Å². The zero-order chi connectivity index (χ0) is 8.55. The van der Waals surface area contributed by atoms with E-state index in [1.807, 2.05) is 12.1 Å². The Morgan fingerprint density at radius 3 is 2.75 bits per heavy atom. The van der Waals surface area contributed by atoms with E-state index in [0.717, 1.165) is 23.1 Å². The molecule has 1 aliphatic rings. The van der Waals surface area contributed by atoms with Gasteiger partial charge >= 0.3 is 0 Å². The molecule has 1 aromatic carbocycles. The van der Waals surface area contributed by atoms with E-state index in [1.54, 1.807) is 6.07 Å². The van der Waals surface area contributed by atoms with Gasteiger partial charge in [0.15, 0.2) is 0 Å². The van der Waals surface area contributed by atoms with Crippen molar-refractivity contribution in [2.75, 3.05) is 13.1 Å². The number of hydrogen-bond acceptors (Lipinski definition) is 2. The third-order valence-corrected chi connectivity index (χ3v) is 2.70. The number of benzene rings is 1. The van der Waals surface area contributed by atoms with E-state index in [1.165, 1.54) is 0 Å². The molecule has 64 valence electrons. The first-order chi connectivity index (χ1) is 5.77. The molecule has 1 aromatic rings. The number of halogens is 1. The van der Waals surface area contributed by atoms with Crippen LogP contribution in [0.1, 0.15) is 11.5 Å². The molecule has 0 bridgehead atoms. The molecule has 1 aliphatic heterocycles. The zero-order valence-corrected chi connectivity index (χ0v) is 8.13. The third-order valence-electron chi connectivity index (χ3n) is 2.21. The van der Waals surface area contributed by atoms with Gasteiger partial charge in [-0.1, -0.05) is 15.9 Å². The summed E-state index contributed by atoms with van der Waals surface area (Å²) < 4.78 is 1.03. The molecule has 1 fully saturated rings. The molecular weight excluding hydrogens is 218 g/mol. The summed E-state index contributed by atoms with van der Waals surface area (Å²) in [6.45, 7) is 1.95. The first kappa shape index (κ1) is 8.08. The Balaban J connectivity index is 2.34. The lowest BCUT2D eigenvalue weighted by atomic mass is 9.93. The number of hydrogen-bond donors (Lipinski definition) is 2. The van der Waals surface area contributed by atoms with Gasteiger partial charge in [0.1, 0.15) is 5.75 Å². The Labute approximate surface area is 79.7 Å². The Morgan fingerprint density at radius 1 is 1.42 bits per heavy atom. The summed E-state index contributed by atoms with van der Waals surface area (Å²) in [6, 6.07) is 5.57. The van der Waals surface area contributed by atoms with Crippen molar-refractivity contribution in [1.82, 2.24) is 5.32 Å². The Kier molecular flexibility index (Phi) is 2.07. The van der Waals surface area contributed by atoms with Crippen LogP contribution in [0.15, 0.2) is 22.7 Å². The lowest BCUT2D eigenvalue weighted by Gasteiger charge is -2.28. The van der Waals surface area contributed by atoms with Crippen molar-refractivity contribution in [3.05, 3.63) is 28.2 Å². The van der Waals surface area contributed by atoms with E-state index in [-0.39, 0.29) is 0 Å². The van der Waals surface area contributed by atoms with E-state index in [4.69, 9.17) is 0 Å². The predicted molar refractivity (Wildman–Crippen MR) is 51.4 cm³/mol. The highest BCUT2D eigenvalue weighted by Gasteiger charge is 2.21.